The van der Waals surface area contributed by atoms with Crippen LogP contribution in [0.25, 0.3) is 16.8 Å². The van der Waals surface area contributed by atoms with Gasteiger partial charge in [-0.15, -0.1) is 0 Å². The fourth-order valence-corrected chi connectivity index (χ4v) is 3.77. The quantitative estimate of drug-likeness (QED) is 0.786. The molecular weight excluding hydrogens is 326 g/mol. The molecule has 1 aromatic carbocycles. The highest BCUT2D eigenvalue weighted by Gasteiger charge is 2.23. The minimum Gasteiger partial charge on any atom is -0.372 e. The maximum Gasteiger partial charge on any atom is 0.137 e. The van der Waals surface area contributed by atoms with E-state index >= 15 is 0 Å². The third kappa shape index (κ3) is 3.06. The Morgan fingerprint density at radius 3 is 2.65 bits per heavy atom. The largest absolute Gasteiger partial charge is 0.372 e. The number of hydrogen-bond acceptors (Lipinski definition) is 5. The van der Waals surface area contributed by atoms with Gasteiger partial charge in [0, 0.05) is 25.2 Å². The highest BCUT2D eigenvalue weighted by molar-refractivity contribution is 5.80. The zero-order valence-corrected chi connectivity index (χ0v) is 15.5. The second-order valence-corrected chi connectivity index (χ2v) is 7.14. The molecule has 1 aliphatic rings. The SMILES string of the molecule is Cc1cc(-c2ncnn3cc(N4C[C@@H](C)O[C@@H](C)C4)cc23)ccc1CN. The summed E-state index contributed by atoms with van der Waals surface area (Å²) in [5, 5.41) is 4.40. The molecule has 2 aromatic heterocycles. The maximum absolute atomic E-state index is 5.85. The van der Waals surface area contributed by atoms with Crippen LogP contribution in [0, 0.1) is 6.92 Å². The van der Waals surface area contributed by atoms with Crippen molar-refractivity contribution in [2.45, 2.75) is 39.5 Å². The molecule has 0 unspecified atom stereocenters. The predicted molar refractivity (Wildman–Crippen MR) is 103 cm³/mol. The van der Waals surface area contributed by atoms with Crippen LogP contribution in [0.2, 0.25) is 0 Å². The van der Waals surface area contributed by atoms with Gasteiger partial charge >= 0.3 is 0 Å². The summed E-state index contributed by atoms with van der Waals surface area (Å²) in [6.07, 6.45) is 4.13. The number of morpholine rings is 1. The van der Waals surface area contributed by atoms with E-state index in [2.05, 4.69) is 66.2 Å². The minimum atomic E-state index is 0.221. The molecule has 6 heteroatoms. The minimum absolute atomic E-state index is 0.221. The Bertz CT molecular complexity index is 925. The fraction of sp³-hybridized carbons (Fsp3) is 0.400. The van der Waals surface area contributed by atoms with Crippen LogP contribution in [0.5, 0.6) is 0 Å². The van der Waals surface area contributed by atoms with Crippen molar-refractivity contribution < 1.29 is 4.74 Å². The molecule has 0 aliphatic carbocycles. The van der Waals surface area contributed by atoms with E-state index in [1.54, 1.807) is 6.33 Å². The molecule has 2 N–H and O–H groups in total. The third-order valence-electron chi connectivity index (χ3n) is 5.01. The van der Waals surface area contributed by atoms with Crippen molar-refractivity contribution >= 4 is 11.2 Å². The second kappa shape index (κ2) is 6.70. The number of aryl methyl sites for hydroxylation is 1. The Labute approximate surface area is 153 Å². The summed E-state index contributed by atoms with van der Waals surface area (Å²) in [5.41, 5.74) is 12.3. The first-order valence-electron chi connectivity index (χ1n) is 9.09. The number of aromatic nitrogens is 3. The van der Waals surface area contributed by atoms with Crippen molar-refractivity contribution in [1.82, 2.24) is 14.6 Å². The number of ether oxygens (including phenoxy) is 1. The van der Waals surface area contributed by atoms with Crippen LogP contribution in [-0.4, -0.2) is 39.9 Å². The van der Waals surface area contributed by atoms with E-state index in [-0.39, 0.29) is 12.2 Å². The zero-order valence-electron chi connectivity index (χ0n) is 15.5. The molecule has 0 saturated carbocycles. The second-order valence-electron chi connectivity index (χ2n) is 7.14. The predicted octanol–water partition coefficient (Wildman–Crippen LogP) is 2.78. The van der Waals surface area contributed by atoms with E-state index in [0.29, 0.717) is 6.54 Å². The van der Waals surface area contributed by atoms with Gasteiger partial charge in [-0.05, 0) is 44.0 Å². The first-order valence-corrected chi connectivity index (χ1v) is 9.09. The third-order valence-corrected chi connectivity index (χ3v) is 5.01. The van der Waals surface area contributed by atoms with Crippen LogP contribution in [0.15, 0.2) is 36.8 Å². The van der Waals surface area contributed by atoms with Gasteiger partial charge < -0.3 is 15.4 Å². The van der Waals surface area contributed by atoms with E-state index in [1.807, 2.05) is 4.52 Å². The number of nitrogens with zero attached hydrogens (tertiary/aromatic N) is 4. The van der Waals surface area contributed by atoms with Crippen molar-refractivity contribution in [3.05, 3.63) is 47.9 Å². The Balaban J connectivity index is 1.75. The van der Waals surface area contributed by atoms with Crippen molar-refractivity contribution in [3.8, 4) is 11.3 Å². The van der Waals surface area contributed by atoms with Crippen LogP contribution in [0.4, 0.5) is 5.69 Å². The number of anilines is 1. The van der Waals surface area contributed by atoms with Gasteiger partial charge in [0.2, 0.25) is 0 Å². The molecule has 1 fully saturated rings. The van der Waals surface area contributed by atoms with Gasteiger partial charge in [0.15, 0.2) is 0 Å². The summed E-state index contributed by atoms with van der Waals surface area (Å²) >= 11 is 0. The van der Waals surface area contributed by atoms with Crippen LogP contribution in [0.1, 0.15) is 25.0 Å². The molecule has 0 spiro atoms. The summed E-state index contributed by atoms with van der Waals surface area (Å²) < 4.78 is 7.76. The van der Waals surface area contributed by atoms with Crippen LogP contribution < -0.4 is 10.6 Å². The van der Waals surface area contributed by atoms with Crippen molar-refractivity contribution in [3.63, 3.8) is 0 Å². The van der Waals surface area contributed by atoms with E-state index in [0.717, 1.165) is 41.1 Å². The molecular formula is C20H25N5O. The molecule has 1 aliphatic heterocycles. The maximum atomic E-state index is 5.85. The topological polar surface area (TPSA) is 68.7 Å². The molecule has 6 nitrogen and oxygen atoms in total. The van der Waals surface area contributed by atoms with Gasteiger partial charge in [-0.25, -0.2) is 9.50 Å². The molecule has 0 bridgehead atoms. The average molecular weight is 351 g/mol. The standard InChI is InChI=1S/C20H25N5O/c1-13-6-16(4-5-17(13)8-21)20-19-7-18(11-25(19)23-12-22-20)24-9-14(2)26-15(3)10-24/h4-7,11-12,14-15H,8-10,21H2,1-3H3/t14-,15+. The molecule has 4 rings (SSSR count). The number of rotatable bonds is 3. The molecule has 1 saturated heterocycles. The Morgan fingerprint density at radius 2 is 1.96 bits per heavy atom. The number of nitrogens with two attached hydrogens (primary N) is 1. The van der Waals surface area contributed by atoms with E-state index in [9.17, 15) is 0 Å². The molecule has 2 atom stereocenters. The smallest absolute Gasteiger partial charge is 0.137 e. The van der Waals surface area contributed by atoms with E-state index in [4.69, 9.17) is 10.5 Å². The lowest BCUT2D eigenvalue weighted by Gasteiger charge is -2.36. The lowest BCUT2D eigenvalue weighted by atomic mass is 10.0. The number of fused-ring (bicyclic) bond motifs is 1. The van der Waals surface area contributed by atoms with E-state index < -0.39 is 0 Å². The first-order chi connectivity index (χ1) is 12.5. The average Bonchev–Trinajstić information content (AvgIpc) is 3.05. The number of benzene rings is 1. The molecule has 3 aromatic rings. The summed E-state index contributed by atoms with van der Waals surface area (Å²) in [6.45, 7) is 8.64. The summed E-state index contributed by atoms with van der Waals surface area (Å²) in [5.74, 6) is 0. The Morgan fingerprint density at radius 1 is 1.19 bits per heavy atom. The monoisotopic (exact) mass is 351 g/mol. The molecule has 26 heavy (non-hydrogen) atoms. The van der Waals surface area contributed by atoms with Gasteiger partial charge in [0.1, 0.15) is 6.33 Å². The van der Waals surface area contributed by atoms with Crippen molar-refractivity contribution in [2.75, 3.05) is 18.0 Å². The van der Waals surface area contributed by atoms with Gasteiger partial charge in [-0.3, -0.25) is 0 Å². The van der Waals surface area contributed by atoms with Crippen LogP contribution in [-0.2, 0) is 11.3 Å². The van der Waals surface area contributed by atoms with Gasteiger partial charge in [-0.1, -0.05) is 12.1 Å². The van der Waals surface area contributed by atoms with Crippen LogP contribution in [0.3, 0.4) is 0 Å². The lowest BCUT2D eigenvalue weighted by molar-refractivity contribution is -0.00521. The molecule has 0 amide bonds. The molecule has 0 radical (unpaired) electrons. The highest BCUT2D eigenvalue weighted by Crippen LogP contribution is 2.29. The lowest BCUT2D eigenvalue weighted by Crippen LogP contribution is -2.45. The molecule has 3 heterocycles. The van der Waals surface area contributed by atoms with Crippen LogP contribution >= 0.6 is 0 Å². The zero-order chi connectivity index (χ0) is 18.3. The fourth-order valence-electron chi connectivity index (χ4n) is 3.77. The van der Waals surface area contributed by atoms with Gasteiger partial charge in [0.05, 0.1) is 35.3 Å². The number of hydrogen-bond donors (Lipinski definition) is 1. The highest BCUT2D eigenvalue weighted by atomic mass is 16.5. The van der Waals surface area contributed by atoms with Crippen molar-refractivity contribution in [1.29, 1.82) is 0 Å². The molecule has 136 valence electrons. The van der Waals surface area contributed by atoms with Crippen molar-refractivity contribution in [2.24, 2.45) is 5.73 Å². The summed E-state index contributed by atoms with van der Waals surface area (Å²) in [4.78, 5) is 6.92. The van der Waals surface area contributed by atoms with Gasteiger partial charge in [-0.2, -0.15) is 5.10 Å². The first kappa shape index (κ1) is 17.0. The Hall–Kier alpha value is -2.44. The van der Waals surface area contributed by atoms with E-state index in [1.165, 1.54) is 5.56 Å². The van der Waals surface area contributed by atoms with Gasteiger partial charge in [0.25, 0.3) is 0 Å². The summed E-state index contributed by atoms with van der Waals surface area (Å²) in [7, 11) is 0. The Kier molecular flexibility index (Phi) is 4.38. The summed E-state index contributed by atoms with van der Waals surface area (Å²) in [6, 6.07) is 8.49. The normalized spacial score (nSPS) is 20.7.